The predicted octanol–water partition coefficient (Wildman–Crippen LogP) is 2.78. The van der Waals surface area contributed by atoms with Crippen molar-refractivity contribution in [1.82, 2.24) is 0 Å². The van der Waals surface area contributed by atoms with E-state index in [1.165, 1.54) is 0 Å². The van der Waals surface area contributed by atoms with Crippen LogP contribution in [0.25, 0.3) is 0 Å². The number of benzene rings is 1. The summed E-state index contributed by atoms with van der Waals surface area (Å²) >= 11 is 8.54. The van der Waals surface area contributed by atoms with Crippen LogP contribution in [-0.2, 0) is 9.53 Å². The molecule has 6 heteroatoms. The van der Waals surface area contributed by atoms with Gasteiger partial charge in [-0.2, -0.15) is 0 Å². The number of carbonyl (C=O) groups is 1. The molecule has 0 radical (unpaired) electrons. The molecule has 4 nitrogen and oxygen atoms in total. The molecule has 20 heavy (non-hydrogen) atoms. The average Bonchev–Trinajstić information content (AvgIpc) is 2.38. The van der Waals surface area contributed by atoms with E-state index in [-0.39, 0.29) is 10.9 Å². The van der Waals surface area contributed by atoms with E-state index in [4.69, 9.17) is 22.7 Å². The molecule has 1 amide bonds. The van der Waals surface area contributed by atoms with Gasteiger partial charge >= 0.3 is 0 Å². The van der Waals surface area contributed by atoms with Gasteiger partial charge in [0.25, 0.3) is 0 Å². The van der Waals surface area contributed by atoms with Crippen molar-refractivity contribution in [3.63, 3.8) is 0 Å². The summed E-state index contributed by atoms with van der Waals surface area (Å²) in [4.78, 5) is 12.8. The minimum absolute atomic E-state index is 0.147. The van der Waals surface area contributed by atoms with E-state index in [9.17, 15) is 4.79 Å². The zero-order valence-electron chi connectivity index (χ0n) is 11.2. The Morgan fingerprint density at radius 2 is 2.05 bits per heavy atom. The minimum atomic E-state index is -0.802. The van der Waals surface area contributed by atoms with Gasteiger partial charge < -0.3 is 15.8 Å². The maximum atomic E-state index is 12.6. The summed E-state index contributed by atoms with van der Waals surface area (Å²) in [7, 11) is 0. The fourth-order valence-electron chi connectivity index (χ4n) is 2.36. The molecule has 1 aliphatic heterocycles. The predicted molar refractivity (Wildman–Crippen MR) is 86.8 cm³/mol. The molecule has 1 aliphatic rings. The third-order valence-corrected chi connectivity index (χ3v) is 4.40. The number of ether oxygens (including phenoxy) is 1. The topological polar surface area (TPSA) is 64.4 Å². The number of anilines is 1. The number of carbonyl (C=O) groups excluding carboxylic acids is 1. The molecule has 1 heterocycles. The van der Waals surface area contributed by atoms with Gasteiger partial charge in [0.2, 0.25) is 5.91 Å². The quantitative estimate of drug-likeness (QED) is 0.817. The summed E-state index contributed by atoms with van der Waals surface area (Å²) in [5.41, 5.74) is 6.82. The first-order chi connectivity index (χ1) is 9.44. The summed E-state index contributed by atoms with van der Waals surface area (Å²) in [6, 6.07) is 5.75. The van der Waals surface area contributed by atoms with Crippen molar-refractivity contribution < 1.29 is 9.53 Å². The summed E-state index contributed by atoms with van der Waals surface area (Å²) < 4.78 is 6.23. The van der Waals surface area contributed by atoms with E-state index >= 15 is 0 Å². The molecule has 0 spiro atoms. The maximum Gasteiger partial charge on any atom is 0.237 e. The Morgan fingerprint density at radius 3 is 2.60 bits per heavy atom. The summed E-state index contributed by atoms with van der Waals surface area (Å²) in [5.74, 6) is -0.147. The van der Waals surface area contributed by atoms with Crippen LogP contribution >= 0.6 is 28.1 Å². The highest BCUT2D eigenvalue weighted by atomic mass is 79.9. The molecule has 3 N–H and O–H groups in total. The molecule has 0 unspecified atom stereocenters. The Balaban J connectivity index is 2.22. The monoisotopic (exact) mass is 356 g/mol. The number of rotatable bonds is 3. The second kappa shape index (κ2) is 6.20. The fourth-order valence-corrected chi connectivity index (χ4v) is 3.27. The van der Waals surface area contributed by atoms with Gasteiger partial charge in [-0.1, -0.05) is 28.1 Å². The highest BCUT2D eigenvalue weighted by molar-refractivity contribution is 9.10. The van der Waals surface area contributed by atoms with Crippen LogP contribution in [0.15, 0.2) is 22.7 Å². The average molecular weight is 357 g/mol. The van der Waals surface area contributed by atoms with Crippen LogP contribution in [0, 0.1) is 12.3 Å². The second-order valence-corrected chi connectivity index (χ2v) is 6.39. The molecule has 0 saturated carbocycles. The molecular weight excluding hydrogens is 340 g/mol. The van der Waals surface area contributed by atoms with Crippen molar-refractivity contribution in [2.24, 2.45) is 11.1 Å². The number of amides is 1. The second-order valence-electron chi connectivity index (χ2n) is 5.03. The molecule has 0 bridgehead atoms. The van der Waals surface area contributed by atoms with E-state index in [0.717, 1.165) is 15.7 Å². The number of nitrogens with two attached hydrogens (primary N) is 1. The number of halogens is 1. The van der Waals surface area contributed by atoms with Crippen molar-refractivity contribution >= 4 is 44.7 Å². The first kappa shape index (κ1) is 15.4. The number of nitrogens with one attached hydrogen (secondary N) is 1. The Bertz CT molecular complexity index is 522. The van der Waals surface area contributed by atoms with Gasteiger partial charge in [-0.25, -0.2) is 0 Å². The van der Waals surface area contributed by atoms with Crippen LogP contribution in [0.1, 0.15) is 18.4 Å². The molecule has 0 aromatic heterocycles. The SMILES string of the molecule is Cc1cc(Br)cc(NC(=O)C2(C(N)=S)CCOCC2)c1. The Labute approximate surface area is 132 Å². The van der Waals surface area contributed by atoms with Crippen LogP contribution in [0.4, 0.5) is 5.69 Å². The van der Waals surface area contributed by atoms with E-state index in [2.05, 4.69) is 21.2 Å². The molecule has 2 rings (SSSR count). The van der Waals surface area contributed by atoms with Gasteiger partial charge in [0, 0.05) is 23.4 Å². The number of hydrogen-bond donors (Lipinski definition) is 2. The van der Waals surface area contributed by atoms with Gasteiger partial charge in [0.15, 0.2) is 0 Å². The van der Waals surface area contributed by atoms with Crippen molar-refractivity contribution in [2.45, 2.75) is 19.8 Å². The van der Waals surface area contributed by atoms with Crippen LogP contribution in [0.2, 0.25) is 0 Å². The lowest BCUT2D eigenvalue weighted by Gasteiger charge is -2.34. The van der Waals surface area contributed by atoms with Crippen molar-refractivity contribution in [3.05, 3.63) is 28.2 Å². The van der Waals surface area contributed by atoms with E-state index in [1.807, 2.05) is 25.1 Å². The van der Waals surface area contributed by atoms with Gasteiger partial charge in [-0.05, 0) is 43.5 Å². The standard InChI is InChI=1S/C14H17BrN2O2S/c1-9-6-10(15)8-11(7-9)17-13(18)14(12(16)20)2-4-19-5-3-14/h6-8H,2-5H2,1H3,(H2,16,20)(H,17,18). The Kier molecular flexibility index (Phi) is 4.78. The Morgan fingerprint density at radius 1 is 1.40 bits per heavy atom. The van der Waals surface area contributed by atoms with Crippen molar-refractivity contribution in [1.29, 1.82) is 0 Å². The number of thiocarbonyl (C=S) groups is 1. The van der Waals surface area contributed by atoms with Gasteiger partial charge in [-0.15, -0.1) is 0 Å². The normalized spacial score (nSPS) is 17.5. The lowest BCUT2D eigenvalue weighted by atomic mass is 9.79. The molecule has 0 aliphatic carbocycles. The number of hydrogen-bond acceptors (Lipinski definition) is 3. The minimum Gasteiger partial charge on any atom is -0.392 e. The smallest absolute Gasteiger partial charge is 0.237 e. The molecule has 0 atom stereocenters. The largest absolute Gasteiger partial charge is 0.392 e. The molecular formula is C14H17BrN2O2S. The zero-order valence-corrected chi connectivity index (χ0v) is 13.6. The van der Waals surface area contributed by atoms with Crippen molar-refractivity contribution in [2.75, 3.05) is 18.5 Å². The first-order valence-corrected chi connectivity index (χ1v) is 7.60. The third kappa shape index (κ3) is 3.19. The van der Waals surface area contributed by atoms with Crippen LogP contribution in [0.3, 0.4) is 0 Å². The lowest BCUT2D eigenvalue weighted by molar-refractivity contribution is -0.126. The van der Waals surface area contributed by atoms with E-state index < -0.39 is 5.41 Å². The Hall–Kier alpha value is -0.980. The summed E-state index contributed by atoms with van der Waals surface area (Å²) in [5, 5.41) is 2.92. The van der Waals surface area contributed by atoms with E-state index in [0.29, 0.717) is 26.1 Å². The number of aryl methyl sites for hydroxylation is 1. The zero-order chi connectivity index (χ0) is 14.8. The molecule has 1 aromatic rings. The van der Waals surface area contributed by atoms with Gasteiger partial charge in [-0.3, -0.25) is 4.79 Å². The molecule has 1 fully saturated rings. The van der Waals surface area contributed by atoms with Crippen LogP contribution in [0.5, 0.6) is 0 Å². The van der Waals surface area contributed by atoms with Crippen molar-refractivity contribution in [3.8, 4) is 0 Å². The van der Waals surface area contributed by atoms with Crippen LogP contribution in [-0.4, -0.2) is 24.1 Å². The highest BCUT2D eigenvalue weighted by Crippen LogP contribution is 2.33. The van der Waals surface area contributed by atoms with Gasteiger partial charge in [0.05, 0.1) is 4.99 Å². The fraction of sp³-hybridized carbons (Fsp3) is 0.429. The van der Waals surface area contributed by atoms with E-state index in [1.54, 1.807) is 0 Å². The highest BCUT2D eigenvalue weighted by Gasteiger charge is 2.43. The first-order valence-electron chi connectivity index (χ1n) is 6.40. The maximum absolute atomic E-state index is 12.6. The molecule has 1 aromatic carbocycles. The van der Waals surface area contributed by atoms with Gasteiger partial charge in [0.1, 0.15) is 5.41 Å². The third-order valence-electron chi connectivity index (χ3n) is 3.55. The van der Waals surface area contributed by atoms with Crippen LogP contribution < -0.4 is 11.1 Å². The summed E-state index contributed by atoms with van der Waals surface area (Å²) in [6.07, 6.45) is 1.06. The molecule has 108 valence electrons. The molecule has 1 saturated heterocycles. The lowest BCUT2D eigenvalue weighted by Crippen LogP contribution is -2.49. The summed E-state index contributed by atoms with van der Waals surface area (Å²) in [6.45, 7) is 2.97.